The topological polar surface area (TPSA) is 73.9 Å². The summed E-state index contributed by atoms with van der Waals surface area (Å²) in [6, 6.07) is 12.3. The van der Waals surface area contributed by atoms with Crippen LogP contribution < -0.4 is 0 Å². The van der Waals surface area contributed by atoms with Crippen LogP contribution in [0.15, 0.2) is 58.6 Å². The van der Waals surface area contributed by atoms with E-state index in [-0.39, 0.29) is 16.7 Å². The Bertz CT molecular complexity index is 1370. The fourth-order valence-electron chi connectivity index (χ4n) is 9.27. The number of ether oxygens (including phenoxy) is 1. The standard InChI is InChI=1S/C33H35ClN2O2/c1-19-25(17-35)30(20-4-7-22(34)8-5-20)26(18-36)31(38-19)29-11-10-27-24-9-6-21-16-23(37)12-14-32(21,2)28(24)13-15-33(27,29)3/h4-5,7-8,16,24,27-30H,6,9-15H2,1-3H3/t24-,27-,28-,29?,30?,32-,33-/m0/s1. The zero-order chi connectivity index (χ0) is 26.8. The van der Waals surface area contributed by atoms with Crippen LogP contribution in [-0.2, 0) is 9.53 Å². The van der Waals surface area contributed by atoms with Crippen molar-refractivity contribution < 1.29 is 9.53 Å². The van der Waals surface area contributed by atoms with Gasteiger partial charge in [0.05, 0.1) is 29.2 Å². The molecule has 4 nitrogen and oxygen atoms in total. The minimum atomic E-state index is -0.425. The Morgan fingerprint density at radius 2 is 1.68 bits per heavy atom. The molecule has 0 aromatic heterocycles. The lowest BCUT2D eigenvalue weighted by molar-refractivity contribution is -0.117. The molecule has 196 valence electrons. The molecule has 6 rings (SSSR count). The first-order valence-electron chi connectivity index (χ1n) is 14.1. The molecule has 0 radical (unpaired) electrons. The van der Waals surface area contributed by atoms with Crippen molar-refractivity contribution in [3.63, 3.8) is 0 Å². The molecule has 7 atom stereocenters. The molecule has 5 aliphatic rings. The minimum Gasteiger partial charge on any atom is -0.464 e. The van der Waals surface area contributed by atoms with Crippen molar-refractivity contribution >= 4 is 17.4 Å². The number of hydrogen-bond donors (Lipinski definition) is 0. The van der Waals surface area contributed by atoms with Crippen LogP contribution in [0.4, 0.5) is 0 Å². The highest BCUT2D eigenvalue weighted by Crippen LogP contribution is 2.68. The third-order valence-corrected chi connectivity index (χ3v) is 11.5. The summed E-state index contributed by atoms with van der Waals surface area (Å²) in [5, 5.41) is 21.2. The number of carbonyl (C=O) groups excluding carboxylic acids is 1. The molecular formula is C33H35ClN2O2. The van der Waals surface area contributed by atoms with E-state index in [2.05, 4.69) is 26.0 Å². The average Bonchev–Trinajstić information content (AvgIpc) is 3.26. The molecule has 1 aromatic rings. The maximum Gasteiger partial charge on any atom is 0.155 e. The number of nitrogens with zero attached hydrogens (tertiary/aromatic N) is 2. The van der Waals surface area contributed by atoms with Crippen LogP contribution in [0.1, 0.15) is 83.6 Å². The molecule has 1 heterocycles. The van der Waals surface area contributed by atoms with Gasteiger partial charge in [0.1, 0.15) is 11.5 Å². The Labute approximate surface area is 231 Å². The number of fused-ring (bicyclic) bond motifs is 5. The van der Waals surface area contributed by atoms with Crippen molar-refractivity contribution in [1.29, 1.82) is 10.5 Å². The summed E-state index contributed by atoms with van der Waals surface area (Å²) in [4.78, 5) is 12.2. The number of nitriles is 2. The molecule has 0 bridgehead atoms. The van der Waals surface area contributed by atoms with Gasteiger partial charge < -0.3 is 4.74 Å². The van der Waals surface area contributed by atoms with Crippen LogP contribution in [-0.4, -0.2) is 5.78 Å². The Hall–Kier alpha value is -2.82. The molecular weight excluding hydrogens is 492 g/mol. The molecule has 3 saturated carbocycles. The average molecular weight is 527 g/mol. The van der Waals surface area contributed by atoms with E-state index in [1.165, 1.54) is 5.57 Å². The maximum atomic E-state index is 12.2. The van der Waals surface area contributed by atoms with E-state index in [9.17, 15) is 15.3 Å². The fourth-order valence-corrected chi connectivity index (χ4v) is 9.39. The largest absolute Gasteiger partial charge is 0.464 e. The molecule has 0 N–H and O–H groups in total. The van der Waals surface area contributed by atoms with Crippen LogP contribution >= 0.6 is 11.6 Å². The SMILES string of the molecule is CC1=C(C#N)C(c2ccc(Cl)cc2)C(C#N)=C(C2CC[C@H]3[C@@H]4CCC5=CC(=O)CC[C@]5(C)[C@H]4CC[C@]23C)O1. The Morgan fingerprint density at radius 3 is 2.39 bits per heavy atom. The number of allylic oxidation sites excluding steroid dienone is 5. The maximum absolute atomic E-state index is 12.2. The predicted molar refractivity (Wildman–Crippen MR) is 146 cm³/mol. The van der Waals surface area contributed by atoms with E-state index in [0.717, 1.165) is 56.3 Å². The lowest BCUT2D eigenvalue weighted by Crippen LogP contribution is -2.50. The summed E-state index contributed by atoms with van der Waals surface area (Å²) in [5.74, 6) is 3.27. The number of rotatable bonds is 2. The molecule has 0 saturated heterocycles. The van der Waals surface area contributed by atoms with E-state index < -0.39 is 5.92 Å². The summed E-state index contributed by atoms with van der Waals surface area (Å²) < 4.78 is 6.46. The third-order valence-electron chi connectivity index (χ3n) is 11.2. The number of carbonyl (C=O) groups is 1. The molecule has 4 aliphatic carbocycles. The van der Waals surface area contributed by atoms with Gasteiger partial charge >= 0.3 is 0 Å². The monoisotopic (exact) mass is 526 g/mol. The van der Waals surface area contributed by atoms with Gasteiger partial charge in [-0.25, -0.2) is 0 Å². The zero-order valence-electron chi connectivity index (χ0n) is 22.5. The predicted octanol–water partition coefficient (Wildman–Crippen LogP) is 8.18. The highest BCUT2D eigenvalue weighted by molar-refractivity contribution is 6.30. The van der Waals surface area contributed by atoms with Crippen molar-refractivity contribution in [2.24, 2.45) is 34.5 Å². The van der Waals surface area contributed by atoms with E-state index in [0.29, 0.717) is 51.9 Å². The van der Waals surface area contributed by atoms with Gasteiger partial charge in [0, 0.05) is 17.4 Å². The number of halogens is 1. The second-order valence-corrected chi connectivity index (χ2v) is 13.1. The van der Waals surface area contributed by atoms with E-state index in [4.69, 9.17) is 16.3 Å². The van der Waals surface area contributed by atoms with Crippen molar-refractivity contribution in [2.75, 3.05) is 0 Å². The Kier molecular flexibility index (Phi) is 6.12. The second-order valence-electron chi connectivity index (χ2n) is 12.7. The van der Waals surface area contributed by atoms with Gasteiger partial charge in [0.25, 0.3) is 0 Å². The molecule has 1 aromatic carbocycles. The quantitative estimate of drug-likeness (QED) is 0.389. The van der Waals surface area contributed by atoms with Gasteiger partial charge in [0.15, 0.2) is 5.78 Å². The molecule has 1 aliphatic heterocycles. The van der Waals surface area contributed by atoms with Crippen LogP contribution in [0.25, 0.3) is 0 Å². The first-order chi connectivity index (χ1) is 18.2. The molecule has 0 amide bonds. The molecule has 5 heteroatoms. The highest BCUT2D eigenvalue weighted by atomic mass is 35.5. The lowest BCUT2D eigenvalue weighted by Gasteiger charge is -2.58. The van der Waals surface area contributed by atoms with Crippen molar-refractivity contribution in [1.82, 2.24) is 0 Å². The third kappa shape index (κ3) is 3.64. The molecule has 2 unspecified atom stereocenters. The van der Waals surface area contributed by atoms with E-state index in [1.54, 1.807) is 0 Å². The number of hydrogen-bond acceptors (Lipinski definition) is 4. The van der Waals surface area contributed by atoms with Crippen molar-refractivity contribution in [3.05, 3.63) is 69.2 Å². The van der Waals surface area contributed by atoms with Gasteiger partial charge in [-0.15, -0.1) is 0 Å². The van der Waals surface area contributed by atoms with Gasteiger partial charge in [-0.1, -0.05) is 43.2 Å². The Morgan fingerprint density at radius 1 is 0.947 bits per heavy atom. The first kappa shape index (κ1) is 25.5. The number of ketones is 1. The smallest absolute Gasteiger partial charge is 0.155 e. The summed E-state index contributed by atoms with van der Waals surface area (Å²) >= 11 is 6.16. The van der Waals surface area contributed by atoms with Gasteiger partial charge in [-0.2, -0.15) is 10.5 Å². The van der Waals surface area contributed by atoms with Gasteiger partial charge in [-0.05, 0) is 104 Å². The summed E-state index contributed by atoms with van der Waals surface area (Å²) in [5.41, 5.74) is 3.58. The minimum absolute atomic E-state index is 0.0512. The second kappa shape index (κ2) is 9.14. The van der Waals surface area contributed by atoms with E-state index in [1.807, 2.05) is 37.3 Å². The zero-order valence-corrected chi connectivity index (χ0v) is 23.3. The van der Waals surface area contributed by atoms with Crippen LogP contribution in [0.2, 0.25) is 5.02 Å². The van der Waals surface area contributed by atoms with Crippen molar-refractivity contribution in [3.8, 4) is 12.1 Å². The van der Waals surface area contributed by atoms with Gasteiger partial charge in [-0.3, -0.25) is 4.79 Å². The summed E-state index contributed by atoms with van der Waals surface area (Å²) in [7, 11) is 0. The van der Waals surface area contributed by atoms with Gasteiger partial charge in [0.2, 0.25) is 0 Å². The fraction of sp³-hybridized carbons (Fsp3) is 0.545. The molecule has 3 fully saturated rings. The summed E-state index contributed by atoms with van der Waals surface area (Å²) in [6.07, 6.45) is 10.2. The highest BCUT2D eigenvalue weighted by Gasteiger charge is 2.60. The Balaban J connectivity index is 1.37. The van der Waals surface area contributed by atoms with Crippen LogP contribution in [0, 0.1) is 57.2 Å². The first-order valence-corrected chi connectivity index (χ1v) is 14.5. The lowest BCUT2D eigenvalue weighted by atomic mass is 9.46. The van der Waals surface area contributed by atoms with Crippen LogP contribution in [0.3, 0.4) is 0 Å². The molecule has 38 heavy (non-hydrogen) atoms. The van der Waals surface area contributed by atoms with Crippen molar-refractivity contribution in [2.45, 2.75) is 78.1 Å². The van der Waals surface area contributed by atoms with E-state index >= 15 is 0 Å². The normalized spacial score (nSPS) is 38.3. The van der Waals surface area contributed by atoms with Crippen LogP contribution in [0.5, 0.6) is 0 Å². The number of benzene rings is 1. The summed E-state index contributed by atoms with van der Waals surface area (Å²) in [6.45, 7) is 6.72. The molecule has 0 spiro atoms.